The van der Waals surface area contributed by atoms with Crippen molar-refractivity contribution in [2.45, 2.75) is 33.0 Å². The minimum Gasteiger partial charge on any atom is -0.503 e. The number of carbonyl (C=O) groups excluding carboxylic acids is 1. The number of hydrogen-bond donors (Lipinski definition) is 1. The first-order valence-electron chi connectivity index (χ1n) is 9.28. The SMILES string of the molecule is Cc1cc(C(=O)C[n+]2cccc(O)c2)c(C)n1C[C@@H]1COc2ccccc2O1. The summed E-state index contributed by atoms with van der Waals surface area (Å²) in [5.41, 5.74) is 2.60. The summed E-state index contributed by atoms with van der Waals surface area (Å²) in [6.07, 6.45) is 3.19. The average molecular weight is 379 g/mol. The van der Waals surface area contributed by atoms with Crippen molar-refractivity contribution >= 4 is 5.78 Å². The lowest BCUT2D eigenvalue weighted by Gasteiger charge is -2.27. The number of nitrogens with zero attached hydrogens (tertiary/aromatic N) is 2. The van der Waals surface area contributed by atoms with Crippen LogP contribution in [0.25, 0.3) is 0 Å². The third-order valence-corrected chi connectivity index (χ3v) is 5.00. The van der Waals surface area contributed by atoms with E-state index in [1.165, 1.54) is 0 Å². The number of pyridine rings is 1. The molecular formula is C22H23N2O4+. The van der Waals surface area contributed by atoms with E-state index in [0.29, 0.717) is 18.7 Å². The Morgan fingerprint density at radius 2 is 2.00 bits per heavy atom. The number of rotatable bonds is 5. The molecule has 144 valence electrons. The van der Waals surface area contributed by atoms with Crippen molar-refractivity contribution in [2.24, 2.45) is 0 Å². The van der Waals surface area contributed by atoms with E-state index in [1.807, 2.05) is 44.2 Å². The number of hydrogen-bond acceptors (Lipinski definition) is 4. The van der Waals surface area contributed by atoms with Gasteiger partial charge in [-0.3, -0.25) is 4.79 Å². The quantitative estimate of drug-likeness (QED) is 0.547. The minimum atomic E-state index is -0.122. The molecule has 0 spiro atoms. The van der Waals surface area contributed by atoms with Crippen LogP contribution in [0.5, 0.6) is 17.2 Å². The molecule has 28 heavy (non-hydrogen) atoms. The molecule has 1 N–H and O–H groups in total. The van der Waals surface area contributed by atoms with E-state index >= 15 is 0 Å². The van der Waals surface area contributed by atoms with Crippen LogP contribution in [-0.4, -0.2) is 28.2 Å². The van der Waals surface area contributed by atoms with Crippen molar-refractivity contribution in [3.63, 3.8) is 0 Å². The number of benzene rings is 1. The molecular weight excluding hydrogens is 356 g/mol. The van der Waals surface area contributed by atoms with Crippen molar-refractivity contribution in [3.8, 4) is 17.2 Å². The first-order valence-corrected chi connectivity index (χ1v) is 9.28. The van der Waals surface area contributed by atoms with E-state index in [1.54, 1.807) is 29.1 Å². The average Bonchev–Trinajstić information content (AvgIpc) is 2.96. The van der Waals surface area contributed by atoms with Crippen molar-refractivity contribution in [3.05, 3.63) is 71.8 Å². The fourth-order valence-corrected chi connectivity index (χ4v) is 3.58. The van der Waals surface area contributed by atoms with E-state index in [9.17, 15) is 9.90 Å². The van der Waals surface area contributed by atoms with Gasteiger partial charge in [0.2, 0.25) is 18.5 Å². The van der Waals surface area contributed by atoms with Crippen molar-refractivity contribution in [1.82, 2.24) is 4.57 Å². The summed E-state index contributed by atoms with van der Waals surface area (Å²) in [7, 11) is 0. The van der Waals surface area contributed by atoms with E-state index in [4.69, 9.17) is 9.47 Å². The van der Waals surface area contributed by atoms with Crippen LogP contribution in [0.4, 0.5) is 0 Å². The normalized spacial score (nSPS) is 15.4. The number of ketones is 1. The van der Waals surface area contributed by atoms with E-state index in [-0.39, 0.29) is 24.2 Å². The molecule has 1 atom stereocenters. The summed E-state index contributed by atoms with van der Waals surface area (Å²) >= 11 is 0. The smallest absolute Gasteiger partial charge is 0.229 e. The largest absolute Gasteiger partial charge is 0.503 e. The molecule has 1 aliphatic heterocycles. The number of aryl methyl sites for hydroxylation is 1. The predicted octanol–water partition coefficient (Wildman–Crippen LogP) is 2.82. The third-order valence-electron chi connectivity index (χ3n) is 5.00. The summed E-state index contributed by atoms with van der Waals surface area (Å²) in [6.45, 7) is 5.19. The number of ether oxygens (including phenoxy) is 2. The molecule has 2 aromatic heterocycles. The van der Waals surface area contributed by atoms with E-state index in [0.717, 1.165) is 22.9 Å². The second-order valence-electron chi connectivity index (χ2n) is 7.05. The van der Waals surface area contributed by atoms with Crippen LogP contribution in [-0.2, 0) is 13.1 Å². The highest BCUT2D eigenvalue weighted by atomic mass is 16.6. The number of Topliss-reactive ketones (excluding diaryl/α,β-unsaturated/α-hetero) is 1. The van der Waals surface area contributed by atoms with Crippen molar-refractivity contribution < 1.29 is 23.9 Å². The molecule has 0 bridgehead atoms. The standard InChI is InChI=1S/C22H22N2O4/c1-15-10-19(20(26)13-23-9-5-6-17(25)11-23)16(2)24(15)12-18-14-27-21-7-3-4-8-22(21)28-18/h3-11,18H,12-14H2,1-2H3/p+1/t18-/m1/s1. The van der Waals surface area contributed by atoms with E-state index in [2.05, 4.69) is 4.57 Å². The molecule has 1 aliphatic rings. The lowest BCUT2D eigenvalue weighted by Crippen LogP contribution is -2.37. The van der Waals surface area contributed by atoms with Crippen LogP contribution in [0.15, 0.2) is 54.9 Å². The first-order chi connectivity index (χ1) is 13.5. The van der Waals surface area contributed by atoms with Gasteiger partial charge in [-0.2, -0.15) is 4.57 Å². The van der Waals surface area contributed by atoms with Gasteiger partial charge in [-0.05, 0) is 38.1 Å². The second kappa shape index (κ2) is 7.38. The number of para-hydroxylation sites is 2. The van der Waals surface area contributed by atoms with Crippen LogP contribution in [0.1, 0.15) is 21.7 Å². The monoisotopic (exact) mass is 379 g/mol. The van der Waals surface area contributed by atoms with Gasteiger partial charge in [-0.15, -0.1) is 0 Å². The minimum absolute atomic E-state index is 0.00103. The molecule has 0 fully saturated rings. The molecule has 0 saturated heterocycles. The Bertz CT molecular complexity index is 1030. The Kier molecular flexibility index (Phi) is 4.77. The molecule has 0 radical (unpaired) electrons. The zero-order valence-electron chi connectivity index (χ0n) is 16.0. The maximum atomic E-state index is 12.8. The highest BCUT2D eigenvalue weighted by Gasteiger charge is 2.24. The number of fused-ring (bicyclic) bond motifs is 1. The molecule has 1 aromatic carbocycles. The van der Waals surface area contributed by atoms with Crippen molar-refractivity contribution in [1.29, 1.82) is 0 Å². The Hall–Kier alpha value is -3.28. The van der Waals surface area contributed by atoms with Gasteiger partial charge in [0.25, 0.3) is 0 Å². The van der Waals surface area contributed by atoms with Crippen molar-refractivity contribution in [2.75, 3.05) is 6.61 Å². The van der Waals surface area contributed by atoms with Gasteiger partial charge in [-0.1, -0.05) is 12.1 Å². The van der Waals surface area contributed by atoms with Gasteiger partial charge in [-0.25, -0.2) is 0 Å². The lowest BCUT2D eigenvalue weighted by atomic mass is 10.1. The van der Waals surface area contributed by atoms with Crippen LogP contribution >= 0.6 is 0 Å². The fraction of sp³-hybridized carbons (Fsp3) is 0.273. The summed E-state index contributed by atoms with van der Waals surface area (Å²) in [4.78, 5) is 12.8. The number of aromatic hydroxyl groups is 1. The summed E-state index contributed by atoms with van der Waals surface area (Å²) in [5.74, 6) is 1.65. The zero-order valence-corrected chi connectivity index (χ0v) is 16.0. The van der Waals surface area contributed by atoms with Gasteiger partial charge < -0.3 is 19.1 Å². The van der Waals surface area contributed by atoms with Crippen LogP contribution in [0.3, 0.4) is 0 Å². The topological polar surface area (TPSA) is 64.6 Å². The highest BCUT2D eigenvalue weighted by molar-refractivity contribution is 5.96. The van der Waals surface area contributed by atoms with E-state index < -0.39 is 0 Å². The molecule has 4 rings (SSSR count). The van der Waals surface area contributed by atoms with Crippen LogP contribution < -0.4 is 14.0 Å². The fourth-order valence-electron chi connectivity index (χ4n) is 3.58. The molecule has 3 heterocycles. The summed E-state index contributed by atoms with van der Waals surface area (Å²) in [6, 6.07) is 12.9. The van der Waals surface area contributed by atoms with Gasteiger partial charge >= 0.3 is 0 Å². The summed E-state index contributed by atoms with van der Waals surface area (Å²) < 4.78 is 15.6. The Balaban J connectivity index is 1.51. The third kappa shape index (κ3) is 3.58. The molecule has 0 unspecified atom stereocenters. The lowest BCUT2D eigenvalue weighted by molar-refractivity contribution is -0.683. The molecule has 0 amide bonds. The first kappa shape index (κ1) is 18.1. The molecule has 6 nitrogen and oxygen atoms in total. The maximum Gasteiger partial charge on any atom is 0.229 e. The van der Waals surface area contributed by atoms with Gasteiger partial charge in [0.1, 0.15) is 6.61 Å². The highest BCUT2D eigenvalue weighted by Crippen LogP contribution is 2.31. The zero-order chi connectivity index (χ0) is 19.7. The molecule has 0 aliphatic carbocycles. The number of carbonyl (C=O) groups is 1. The second-order valence-corrected chi connectivity index (χ2v) is 7.05. The van der Waals surface area contributed by atoms with Crippen LogP contribution in [0, 0.1) is 13.8 Å². The van der Waals surface area contributed by atoms with Gasteiger partial charge in [0.05, 0.1) is 6.54 Å². The number of aromatic nitrogens is 2. The predicted molar refractivity (Wildman–Crippen MR) is 103 cm³/mol. The maximum absolute atomic E-state index is 12.8. The molecule has 6 heteroatoms. The summed E-state index contributed by atoms with van der Waals surface area (Å²) in [5, 5.41) is 9.59. The Morgan fingerprint density at radius 3 is 2.79 bits per heavy atom. The Labute approximate surface area is 163 Å². The van der Waals surface area contributed by atoms with Gasteiger partial charge in [0.15, 0.2) is 29.5 Å². The molecule has 3 aromatic rings. The van der Waals surface area contributed by atoms with Crippen LogP contribution in [0.2, 0.25) is 0 Å². The Morgan fingerprint density at radius 1 is 1.21 bits per heavy atom. The van der Waals surface area contributed by atoms with Gasteiger partial charge in [0, 0.05) is 23.0 Å². The molecule has 0 saturated carbocycles.